The number of imidazole rings is 1. The molecule has 10 amide bonds. The smallest absolute Gasteiger partial charge is 0.268 e. The summed E-state index contributed by atoms with van der Waals surface area (Å²) >= 11 is 0. The van der Waals surface area contributed by atoms with Gasteiger partial charge < -0.3 is 114 Å². The van der Waals surface area contributed by atoms with Crippen molar-refractivity contribution >= 4 is 65.0 Å². The number of aliphatic hydroxyl groups excluding tert-OH is 1. The number of hydrogen-bond donors (Lipinski definition) is 20. The molecule has 0 aliphatic carbocycles. The standard InChI is InChI=1S/C54H100N22O11/c1-33(69-52(86)44(42(77)29-60)75-46(80)35(61)14-3-7-21-56)45(79)67-31-43(78)70-39(17-11-24-59)53(87)76-27-13-19-41(76)51(85)74-40(28-34-30-64-32-68-34)50(84)73-37(16-5-9-23-58)48(82)72-38(18-12-26-66-54(62)63)49(83)71-36(15-4-8-22-57)47(81)65-25-10-2-6-20-55/h18,30,32-33,35-37,39-42,44,77H,2-17,19-29,31,55-61H2,1H3,(H,64,68)(H,65,81)(H,67,79)(H,69,86)(H,70,78)(H,71,83)(H,72,82)(H,73,84)(H,74,85)(H,75,80)(H4,62,63,66)/b38-18-/t33-,35-,36-,37-,39+,40-,41-,42-,44-/m0/s1. The second-order valence-electron chi connectivity index (χ2n) is 21.2. The van der Waals surface area contributed by atoms with Gasteiger partial charge in [-0.25, -0.2) is 4.98 Å². The van der Waals surface area contributed by atoms with E-state index in [9.17, 15) is 53.1 Å². The number of nitrogens with zero attached hydrogens (tertiary/aromatic N) is 3. The molecular weight excluding hydrogens is 1130 g/mol. The van der Waals surface area contributed by atoms with Crippen LogP contribution in [-0.4, -0.2) is 205 Å². The molecule has 1 aliphatic rings. The van der Waals surface area contributed by atoms with Crippen molar-refractivity contribution < 1.29 is 53.1 Å². The zero-order valence-corrected chi connectivity index (χ0v) is 50.3. The average molecular weight is 1230 g/mol. The fourth-order valence-electron chi connectivity index (χ4n) is 9.12. The van der Waals surface area contributed by atoms with Crippen molar-refractivity contribution in [3.63, 3.8) is 0 Å². The number of nitrogens with two attached hydrogens (primary N) is 9. The zero-order chi connectivity index (χ0) is 64.7. The first-order valence-electron chi connectivity index (χ1n) is 30.0. The van der Waals surface area contributed by atoms with Crippen molar-refractivity contribution in [3.8, 4) is 0 Å². The van der Waals surface area contributed by atoms with Gasteiger partial charge in [0, 0.05) is 44.5 Å². The van der Waals surface area contributed by atoms with Gasteiger partial charge in [-0.15, -0.1) is 0 Å². The Kier molecular flexibility index (Phi) is 37.6. The van der Waals surface area contributed by atoms with Crippen LogP contribution in [0.2, 0.25) is 0 Å². The SMILES string of the molecule is C[C@H](NC(=O)[C@@H](NC(=O)[C@@H](N)CCCCN)[C@@H](O)CN)C(=O)NCC(=O)N[C@H](CCCN)C(=O)N1CCC[C@H]1C(=O)N[C@@H](Cc1cnc[nH]1)C(=O)N[C@@H](CCCCN)C(=O)N/C(=C\CCN=C(N)N)C(=O)N[C@@H](CCCCN)C(=O)NCCCCCN. The number of amides is 10. The molecule has 0 spiro atoms. The van der Waals surface area contributed by atoms with Crippen molar-refractivity contribution in [1.29, 1.82) is 0 Å². The maximum absolute atomic E-state index is 14.5. The van der Waals surface area contributed by atoms with Crippen LogP contribution in [-0.2, 0) is 54.4 Å². The molecule has 0 radical (unpaired) electrons. The van der Waals surface area contributed by atoms with Gasteiger partial charge in [-0.05, 0) is 136 Å². The van der Waals surface area contributed by atoms with E-state index in [-0.39, 0.29) is 89.2 Å². The number of aliphatic imine (C=N–C) groups is 1. The molecule has 0 saturated carbocycles. The summed E-state index contributed by atoms with van der Waals surface area (Å²) in [6.45, 7) is 2.33. The number of rotatable bonds is 45. The topological polar surface area (TPSA) is 578 Å². The van der Waals surface area contributed by atoms with E-state index in [1.165, 1.54) is 30.4 Å². The number of aromatic nitrogens is 2. The molecule has 1 aromatic rings. The third kappa shape index (κ3) is 29.2. The minimum atomic E-state index is -1.57. The lowest BCUT2D eigenvalue weighted by Gasteiger charge is -2.30. The lowest BCUT2D eigenvalue weighted by molar-refractivity contribution is -0.142. The van der Waals surface area contributed by atoms with Gasteiger partial charge in [0.15, 0.2) is 5.96 Å². The number of hydrogen-bond acceptors (Lipinski definition) is 20. The Hall–Kier alpha value is -7.40. The van der Waals surface area contributed by atoms with Crippen molar-refractivity contribution in [2.45, 2.75) is 177 Å². The summed E-state index contributed by atoms with van der Waals surface area (Å²) in [6.07, 6.45) is 9.20. The lowest BCUT2D eigenvalue weighted by Crippen LogP contribution is -2.60. The normalized spacial score (nSPS) is 15.9. The molecule has 0 unspecified atom stereocenters. The van der Waals surface area contributed by atoms with E-state index < -0.39 is 127 Å². The van der Waals surface area contributed by atoms with Crippen LogP contribution in [0.3, 0.4) is 0 Å². The number of H-pyrrole nitrogens is 1. The van der Waals surface area contributed by atoms with Crippen LogP contribution < -0.4 is 99.5 Å². The van der Waals surface area contributed by atoms with Crippen LogP contribution >= 0.6 is 0 Å². The van der Waals surface area contributed by atoms with Crippen molar-refractivity contribution in [2.24, 2.45) is 56.6 Å². The highest BCUT2D eigenvalue weighted by atomic mass is 16.3. The first-order chi connectivity index (χ1) is 41.7. The summed E-state index contributed by atoms with van der Waals surface area (Å²) in [6, 6.07) is -9.95. The number of unbranched alkanes of at least 4 members (excludes halogenated alkanes) is 5. The molecule has 9 atom stereocenters. The molecule has 87 heavy (non-hydrogen) atoms. The van der Waals surface area contributed by atoms with Gasteiger partial charge in [-0.2, -0.15) is 0 Å². The maximum atomic E-state index is 14.5. The van der Waals surface area contributed by atoms with Crippen LogP contribution in [0.15, 0.2) is 29.3 Å². The number of carbonyl (C=O) groups excluding carboxylic acids is 10. The van der Waals surface area contributed by atoms with Gasteiger partial charge in [0.1, 0.15) is 48.0 Å². The van der Waals surface area contributed by atoms with E-state index in [2.05, 4.69) is 62.8 Å². The lowest BCUT2D eigenvalue weighted by atomic mass is 10.0. The largest absolute Gasteiger partial charge is 0.389 e. The average Bonchev–Trinajstić information content (AvgIpc) is 2.88. The zero-order valence-electron chi connectivity index (χ0n) is 50.3. The van der Waals surface area contributed by atoms with Crippen molar-refractivity contribution in [3.05, 3.63) is 30.0 Å². The summed E-state index contributed by atoms with van der Waals surface area (Å²) in [7, 11) is 0. The predicted molar refractivity (Wildman–Crippen MR) is 325 cm³/mol. The Balaban J connectivity index is 2.33. The van der Waals surface area contributed by atoms with E-state index >= 15 is 0 Å². The Morgan fingerprint density at radius 2 is 1.30 bits per heavy atom. The summed E-state index contributed by atoms with van der Waals surface area (Å²) in [4.78, 5) is 150. The number of guanidine groups is 1. The molecule has 0 bridgehead atoms. The highest BCUT2D eigenvalue weighted by Gasteiger charge is 2.40. The van der Waals surface area contributed by atoms with E-state index in [1.807, 2.05) is 0 Å². The van der Waals surface area contributed by atoms with E-state index in [4.69, 9.17) is 51.6 Å². The molecule has 1 aromatic heterocycles. The van der Waals surface area contributed by atoms with Gasteiger partial charge >= 0.3 is 0 Å². The minimum Gasteiger partial charge on any atom is -0.389 e. The Morgan fingerprint density at radius 3 is 1.91 bits per heavy atom. The number of aliphatic hydroxyl groups is 1. The maximum Gasteiger partial charge on any atom is 0.268 e. The summed E-state index contributed by atoms with van der Waals surface area (Å²) in [5, 5.41) is 33.9. The Bertz CT molecular complexity index is 2360. The van der Waals surface area contributed by atoms with Crippen LogP contribution in [0, 0.1) is 0 Å². The number of likely N-dealkylation sites (tertiary alicyclic amines) is 1. The van der Waals surface area contributed by atoms with E-state index in [0.29, 0.717) is 83.2 Å². The molecule has 1 fully saturated rings. The van der Waals surface area contributed by atoms with Crippen molar-refractivity contribution in [2.75, 3.05) is 65.4 Å². The van der Waals surface area contributed by atoms with Crippen LogP contribution in [0.4, 0.5) is 0 Å². The summed E-state index contributed by atoms with van der Waals surface area (Å²) < 4.78 is 0. The molecule has 1 saturated heterocycles. The molecule has 29 N–H and O–H groups in total. The molecule has 2 rings (SSSR count). The number of nitrogens with one attached hydrogen (secondary N) is 10. The van der Waals surface area contributed by atoms with E-state index in [1.54, 1.807) is 0 Å². The number of aromatic amines is 1. The molecule has 33 heteroatoms. The Morgan fingerprint density at radius 1 is 0.678 bits per heavy atom. The Labute approximate surface area is 508 Å². The molecule has 2 heterocycles. The minimum absolute atomic E-state index is 0.0318. The molecule has 0 aromatic carbocycles. The van der Waals surface area contributed by atoms with Gasteiger partial charge in [-0.3, -0.25) is 52.9 Å². The number of carbonyl (C=O) groups is 10. The van der Waals surface area contributed by atoms with E-state index in [0.717, 1.165) is 12.8 Å². The second-order valence-corrected chi connectivity index (χ2v) is 21.2. The molecular formula is C54H100N22O11. The highest BCUT2D eigenvalue weighted by molar-refractivity contribution is 6.02. The predicted octanol–water partition coefficient (Wildman–Crippen LogP) is -7.33. The second kappa shape index (κ2) is 43.3. The van der Waals surface area contributed by atoms with Crippen LogP contribution in [0.1, 0.15) is 122 Å². The third-order valence-electron chi connectivity index (χ3n) is 14.1. The van der Waals surface area contributed by atoms with Gasteiger partial charge in [0.25, 0.3) is 5.91 Å². The van der Waals surface area contributed by atoms with Crippen LogP contribution in [0.25, 0.3) is 0 Å². The molecule has 33 nitrogen and oxygen atoms in total. The first-order valence-corrected chi connectivity index (χ1v) is 30.0. The monoisotopic (exact) mass is 1230 g/mol. The van der Waals surface area contributed by atoms with Gasteiger partial charge in [0.2, 0.25) is 53.2 Å². The quantitative estimate of drug-likeness (QED) is 0.0125. The fourth-order valence-corrected chi connectivity index (χ4v) is 9.12. The molecule has 1 aliphatic heterocycles. The van der Waals surface area contributed by atoms with Crippen LogP contribution in [0.5, 0.6) is 0 Å². The highest BCUT2D eigenvalue weighted by Crippen LogP contribution is 2.21. The summed E-state index contributed by atoms with van der Waals surface area (Å²) in [5.41, 5.74) is 51.2. The fraction of sp³-hybridized carbons (Fsp3) is 0.704. The van der Waals surface area contributed by atoms with Crippen molar-refractivity contribution in [1.82, 2.24) is 62.7 Å². The third-order valence-corrected chi connectivity index (χ3v) is 14.1. The summed E-state index contributed by atoms with van der Waals surface area (Å²) in [5.74, 6) is -7.79. The first kappa shape index (κ1) is 75.7. The van der Waals surface area contributed by atoms with Gasteiger partial charge in [-0.1, -0.05) is 18.9 Å². The van der Waals surface area contributed by atoms with Gasteiger partial charge in [0.05, 0.1) is 25.0 Å². The molecule has 492 valence electrons.